The number of aliphatic hydroxyl groups is 1. The second-order valence-electron chi connectivity index (χ2n) is 5.13. The zero-order valence-electron chi connectivity index (χ0n) is 10.9. The zero-order chi connectivity index (χ0) is 14.1. The third-order valence-electron chi connectivity index (χ3n) is 3.92. The lowest BCUT2D eigenvalue weighted by molar-refractivity contribution is 0.125. The van der Waals surface area contributed by atoms with Gasteiger partial charge < -0.3 is 5.11 Å². The molecule has 0 saturated heterocycles. The molecule has 1 aliphatic carbocycles. The molecule has 0 fully saturated rings. The van der Waals surface area contributed by atoms with Crippen LogP contribution in [0.2, 0.25) is 0 Å². The SMILES string of the molecule is OC(c1c(F)cccc1F)C1CCCc2cccnc21. The summed E-state index contributed by atoms with van der Waals surface area (Å²) in [5.74, 6) is -1.77. The van der Waals surface area contributed by atoms with E-state index < -0.39 is 17.7 Å². The van der Waals surface area contributed by atoms with Crippen molar-refractivity contribution < 1.29 is 13.9 Å². The molecular formula is C16H15F2NO. The molecule has 0 bridgehead atoms. The smallest absolute Gasteiger partial charge is 0.131 e. The third-order valence-corrected chi connectivity index (χ3v) is 3.92. The topological polar surface area (TPSA) is 33.1 Å². The van der Waals surface area contributed by atoms with E-state index in [9.17, 15) is 13.9 Å². The van der Waals surface area contributed by atoms with Crippen molar-refractivity contribution in [2.24, 2.45) is 0 Å². The Bertz CT molecular complexity index is 609. The lowest BCUT2D eigenvalue weighted by atomic mass is 9.81. The van der Waals surface area contributed by atoms with Crippen LogP contribution in [-0.4, -0.2) is 10.1 Å². The van der Waals surface area contributed by atoms with Crippen molar-refractivity contribution in [3.8, 4) is 0 Å². The van der Waals surface area contributed by atoms with E-state index in [1.807, 2.05) is 12.1 Å². The molecule has 2 unspecified atom stereocenters. The summed E-state index contributed by atoms with van der Waals surface area (Å²) in [6.07, 6.45) is 2.91. The fourth-order valence-corrected chi connectivity index (χ4v) is 2.95. The molecule has 2 aromatic rings. The van der Waals surface area contributed by atoms with Crippen LogP contribution in [-0.2, 0) is 6.42 Å². The van der Waals surface area contributed by atoms with Crippen molar-refractivity contribution in [1.29, 1.82) is 0 Å². The summed E-state index contributed by atoms with van der Waals surface area (Å²) in [5, 5.41) is 10.4. The van der Waals surface area contributed by atoms with Crippen molar-refractivity contribution in [3.63, 3.8) is 0 Å². The van der Waals surface area contributed by atoms with Crippen LogP contribution >= 0.6 is 0 Å². The number of nitrogens with zero attached hydrogens (tertiary/aromatic N) is 1. The van der Waals surface area contributed by atoms with E-state index in [-0.39, 0.29) is 11.5 Å². The van der Waals surface area contributed by atoms with Gasteiger partial charge in [0.05, 0.1) is 11.7 Å². The van der Waals surface area contributed by atoms with Crippen molar-refractivity contribution in [2.45, 2.75) is 31.3 Å². The molecule has 2 atom stereocenters. The zero-order valence-corrected chi connectivity index (χ0v) is 10.9. The predicted molar refractivity (Wildman–Crippen MR) is 71.2 cm³/mol. The average Bonchev–Trinajstić information content (AvgIpc) is 2.46. The lowest BCUT2D eigenvalue weighted by Crippen LogP contribution is -2.20. The molecule has 104 valence electrons. The van der Waals surface area contributed by atoms with Crippen molar-refractivity contribution >= 4 is 0 Å². The fourth-order valence-electron chi connectivity index (χ4n) is 2.95. The van der Waals surface area contributed by atoms with E-state index in [2.05, 4.69) is 4.98 Å². The molecule has 0 spiro atoms. The van der Waals surface area contributed by atoms with Crippen LogP contribution in [0.25, 0.3) is 0 Å². The van der Waals surface area contributed by atoms with Crippen molar-refractivity contribution in [3.05, 3.63) is 65.0 Å². The number of pyridine rings is 1. The fraction of sp³-hybridized carbons (Fsp3) is 0.312. The van der Waals surface area contributed by atoms with E-state index in [1.165, 1.54) is 18.2 Å². The monoisotopic (exact) mass is 275 g/mol. The minimum atomic E-state index is -1.20. The van der Waals surface area contributed by atoms with Crippen LogP contribution in [0.3, 0.4) is 0 Å². The number of rotatable bonds is 2. The van der Waals surface area contributed by atoms with Gasteiger partial charge in [-0.3, -0.25) is 4.98 Å². The van der Waals surface area contributed by atoms with E-state index in [0.717, 1.165) is 24.1 Å². The quantitative estimate of drug-likeness (QED) is 0.909. The standard InChI is InChI=1S/C16H15F2NO/c17-12-7-2-8-13(18)14(12)16(20)11-6-1-4-10-5-3-9-19-15(10)11/h2-3,5,7-9,11,16,20H,1,4,6H2. The van der Waals surface area contributed by atoms with Gasteiger partial charge in [-0.25, -0.2) is 8.78 Å². The summed E-state index contributed by atoms with van der Waals surface area (Å²) in [5.41, 5.74) is 1.56. The molecule has 1 N–H and O–H groups in total. The summed E-state index contributed by atoms with van der Waals surface area (Å²) < 4.78 is 27.6. The number of hydrogen-bond donors (Lipinski definition) is 1. The summed E-state index contributed by atoms with van der Waals surface area (Å²) in [6, 6.07) is 7.44. The van der Waals surface area contributed by atoms with Crippen LogP contribution in [0.4, 0.5) is 8.78 Å². The van der Waals surface area contributed by atoms with Gasteiger partial charge in [0.1, 0.15) is 11.6 Å². The number of aryl methyl sites for hydroxylation is 1. The van der Waals surface area contributed by atoms with Crippen LogP contribution in [0.15, 0.2) is 36.5 Å². The van der Waals surface area contributed by atoms with Crippen LogP contribution in [0, 0.1) is 11.6 Å². The first-order chi connectivity index (χ1) is 9.68. The Morgan fingerprint density at radius 1 is 1.15 bits per heavy atom. The van der Waals surface area contributed by atoms with E-state index in [1.54, 1.807) is 6.20 Å². The minimum Gasteiger partial charge on any atom is -0.387 e. The molecule has 1 aliphatic rings. The minimum absolute atomic E-state index is 0.254. The molecule has 1 heterocycles. The molecule has 0 radical (unpaired) electrons. The second kappa shape index (κ2) is 5.29. The Kier molecular flexibility index (Phi) is 3.49. The second-order valence-corrected chi connectivity index (χ2v) is 5.13. The van der Waals surface area contributed by atoms with Gasteiger partial charge in [-0.15, -0.1) is 0 Å². The first-order valence-electron chi connectivity index (χ1n) is 6.74. The van der Waals surface area contributed by atoms with Gasteiger partial charge in [0.15, 0.2) is 0 Å². The lowest BCUT2D eigenvalue weighted by Gasteiger charge is -2.28. The molecule has 0 saturated carbocycles. The Balaban J connectivity index is 2.02. The van der Waals surface area contributed by atoms with E-state index >= 15 is 0 Å². The van der Waals surface area contributed by atoms with Crippen molar-refractivity contribution in [1.82, 2.24) is 4.98 Å². The maximum atomic E-state index is 13.8. The number of fused-ring (bicyclic) bond motifs is 1. The molecular weight excluding hydrogens is 260 g/mol. The Labute approximate surface area is 116 Å². The number of aromatic nitrogens is 1. The highest BCUT2D eigenvalue weighted by atomic mass is 19.1. The molecule has 20 heavy (non-hydrogen) atoms. The first kappa shape index (κ1) is 13.2. The maximum absolute atomic E-state index is 13.8. The summed E-state index contributed by atoms with van der Waals surface area (Å²) in [7, 11) is 0. The number of halogens is 2. The van der Waals surface area contributed by atoms with E-state index in [0.29, 0.717) is 6.42 Å². The maximum Gasteiger partial charge on any atom is 0.131 e. The molecule has 1 aromatic heterocycles. The molecule has 2 nitrogen and oxygen atoms in total. The van der Waals surface area contributed by atoms with Gasteiger partial charge >= 0.3 is 0 Å². The van der Waals surface area contributed by atoms with Crippen LogP contribution in [0.5, 0.6) is 0 Å². The highest BCUT2D eigenvalue weighted by Crippen LogP contribution is 2.40. The van der Waals surface area contributed by atoms with Gasteiger partial charge in [0.25, 0.3) is 0 Å². The van der Waals surface area contributed by atoms with Gasteiger partial charge in [-0.05, 0) is 43.0 Å². The highest BCUT2D eigenvalue weighted by Gasteiger charge is 2.31. The van der Waals surface area contributed by atoms with Gasteiger partial charge in [-0.1, -0.05) is 12.1 Å². The number of aliphatic hydroxyl groups excluding tert-OH is 1. The van der Waals surface area contributed by atoms with Gasteiger partial charge in [0, 0.05) is 17.8 Å². The number of hydrogen-bond acceptors (Lipinski definition) is 2. The molecule has 1 aromatic carbocycles. The summed E-state index contributed by atoms with van der Waals surface area (Å²) in [6.45, 7) is 0. The first-order valence-corrected chi connectivity index (χ1v) is 6.74. The van der Waals surface area contributed by atoms with Crippen LogP contribution < -0.4 is 0 Å². The summed E-state index contributed by atoms with van der Waals surface area (Å²) >= 11 is 0. The molecule has 3 rings (SSSR count). The normalized spacial score (nSPS) is 19.4. The highest BCUT2D eigenvalue weighted by molar-refractivity contribution is 5.31. The van der Waals surface area contributed by atoms with Crippen molar-refractivity contribution in [2.75, 3.05) is 0 Å². The number of benzene rings is 1. The molecule has 0 aliphatic heterocycles. The predicted octanol–water partition coefficient (Wildman–Crippen LogP) is 3.51. The van der Waals surface area contributed by atoms with Gasteiger partial charge in [-0.2, -0.15) is 0 Å². The average molecular weight is 275 g/mol. The molecule has 4 heteroatoms. The Morgan fingerprint density at radius 3 is 2.65 bits per heavy atom. The van der Waals surface area contributed by atoms with E-state index in [4.69, 9.17) is 0 Å². The Morgan fingerprint density at radius 2 is 1.90 bits per heavy atom. The van der Waals surface area contributed by atoms with Gasteiger partial charge in [0.2, 0.25) is 0 Å². The molecule has 0 amide bonds. The Hall–Kier alpha value is -1.81. The van der Waals surface area contributed by atoms with Crippen LogP contribution in [0.1, 0.15) is 41.7 Å². The third kappa shape index (κ3) is 2.20. The largest absolute Gasteiger partial charge is 0.387 e. The summed E-state index contributed by atoms with van der Waals surface area (Å²) in [4.78, 5) is 4.30.